The van der Waals surface area contributed by atoms with Crippen LogP contribution in [0.25, 0.3) is 0 Å². The Labute approximate surface area is 328 Å². The van der Waals surface area contributed by atoms with Crippen LogP contribution in [-0.4, -0.2) is 131 Å². The molecule has 0 spiro atoms. The Balaban J connectivity index is 1.91. The van der Waals surface area contributed by atoms with Gasteiger partial charge in [0.2, 0.25) is 11.8 Å². The van der Waals surface area contributed by atoms with E-state index in [2.05, 4.69) is 10.6 Å². The number of carboxylic acid groups (broad SMARTS) is 2. The predicted molar refractivity (Wildman–Crippen MR) is 206 cm³/mol. The first-order valence-corrected chi connectivity index (χ1v) is 20.7. The summed E-state index contributed by atoms with van der Waals surface area (Å²) in [5, 5.41) is 23.9. The van der Waals surface area contributed by atoms with Crippen molar-refractivity contribution in [3.05, 3.63) is 0 Å². The molecule has 15 nitrogen and oxygen atoms in total. The van der Waals surface area contributed by atoms with Crippen molar-refractivity contribution in [3.63, 3.8) is 0 Å². The molecule has 1 fully saturated rings. The third kappa shape index (κ3) is 30.2. The Morgan fingerprint density at radius 2 is 0.891 bits per heavy atom. The van der Waals surface area contributed by atoms with Gasteiger partial charge in [0.05, 0.1) is 79.3 Å². The van der Waals surface area contributed by atoms with E-state index in [1.54, 1.807) is 0 Å². The van der Waals surface area contributed by atoms with Gasteiger partial charge >= 0.3 is 11.9 Å². The molecule has 0 aromatic carbocycles. The van der Waals surface area contributed by atoms with Gasteiger partial charge in [-0.2, -0.15) is 0 Å². The summed E-state index contributed by atoms with van der Waals surface area (Å²) in [6, 6.07) is 0. The zero-order chi connectivity index (χ0) is 40.2. The van der Waals surface area contributed by atoms with Crippen molar-refractivity contribution in [3.8, 4) is 0 Å². The maximum Gasteiger partial charge on any atom is 0.329 e. The number of carbonyl (C=O) groups is 5. The summed E-state index contributed by atoms with van der Waals surface area (Å²) in [5.74, 6) is -2.68. The molecule has 4 N–H and O–H groups in total. The summed E-state index contributed by atoms with van der Waals surface area (Å²) in [5.41, 5.74) is -1.36. The first-order valence-electron chi connectivity index (χ1n) is 20.7. The van der Waals surface area contributed by atoms with Crippen molar-refractivity contribution < 1.29 is 62.6 Å². The predicted octanol–water partition coefficient (Wildman–Crippen LogP) is 4.86. The minimum atomic E-state index is -1.36. The summed E-state index contributed by atoms with van der Waals surface area (Å²) in [6.45, 7) is 6.85. The molecule has 320 valence electrons. The molecule has 1 rings (SSSR count). The molecule has 1 aliphatic carbocycles. The van der Waals surface area contributed by atoms with E-state index in [-0.39, 0.29) is 43.3 Å². The lowest BCUT2D eigenvalue weighted by Gasteiger charge is -2.15. The summed E-state index contributed by atoms with van der Waals surface area (Å²) < 4.78 is 32.5. The van der Waals surface area contributed by atoms with E-state index in [0.29, 0.717) is 98.7 Å². The Morgan fingerprint density at radius 3 is 1.29 bits per heavy atom. The van der Waals surface area contributed by atoms with E-state index in [1.807, 2.05) is 0 Å². The van der Waals surface area contributed by atoms with Crippen molar-refractivity contribution in [1.29, 1.82) is 0 Å². The van der Waals surface area contributed by atoms with E-state index in [9.17, 15) is 29.1 Å². The fraction of sp³-hybridized carbons (Fsp3) is 0.875. The van der Waals surface area contributed by atoms with E-state index in [1.165, 1.54) is 51.9 Å². The SMILES string of the molecule is CC(=O)CCOCCOCCOCCOCCOCCOCCNC(=O)CC1CC1(NC(=O)CCCCCCCCCCCCCCCCC(=O)O)C(=O)O. The monoisotopic (exact) mass is 789 g/mol. The number of rotatable bonds is 42. The van der Waals surface area contributed by atoms with Gasteiger partial charge in [-0.1, -0.05) is 77.0 Å². The quantitative estimate of drug-likeness (QED) is 0.0611. The topological polar surface area (TPSA) is 205 Å². The molecular formula is C40H72N2O13. The van der Waals surface area contributed by atoms with Gasteiger partial charge in [-0.15, -0.1) is 0 Å². The third-order valence-electron chi connectivity index (χ3n) is 9.35. The lowest BCUT2D eigenvalue weighted by molar-refractivity contribution is -0.144. The van der Waals surface area contributed by atoms with Crippen LogP contribution in [0.15, 0.2) is 0 Å². The zero-order valence-electron chi connectivity index (χ0n) is 33.6. The summed E-state index contributed by atoms with van der Waals surface area (Å²) in [7, 11) is 0. The average Bonchev–Trinajstić information content (AvgIpc) is 3.83. The van der Waals surface area contributed by atoms with Crippen molar-refractivity contribution in [2.45, 2.75) is 134 Å². The summed E-state index contributed by atoms with van der Waals surface area (Å²) in [6.07, 6.45) is 16.5. The fourth-order valence-electron chi connectivity index (χ4n) is 6.02. The molecule has 0 bridgehead atoms. The largest absolute Gasteiger partial charge is 0.481 e. The van der Waals surface area contributed by atoms with Gasteiger partial charge in [-0.25, -0.2) is 4.79 Å². The maximum atomic E-state index is 12.5. The number of ether oxygens (including phenoxy) is 6. The van der Waals surface area contributed by atoms with Gasteiger partial charge in [-0.05, 0) is 26.2 Å². The van der Waals surface area contributed by atoms with Crippen LogP contribution >= 0.6 is 0 Å². The number of Topliss-reactive ketones (excluding diaryl/α,β-unsaturated/α-hetero) is 1. The number of ketones is 1. The fourth-order valence-corrected chi connectivity index (χ4v) is 6.02. The van der Waals surface area contributed by atoms with Crippen LogP contribution in [0.4, 0.5) is 0 Å². The van der Waals surface area contributed by atoms with Crippen LogP contribution in [0.1, 0.15) is 129 Å². The number of carboxylic acids is 2. The number of hydrogen-bond donors (Lipinski definition) is 4. The number of amides is 2. The molecule has 2 atom stereocenters. The van der Waals surface area contributed by atoms with Gasteiger partial charge in [0.1, 0.15) is 11.3 Å². The van der Waals surface area contributed by atoms with Crippen molar-refractivity contribution in [2.24, 2.45) is 5.92 Å². The van der Waals surface area contributed by atoms with E-state index in [4.69, 9.17) is 33.5 Å². The molecule has 0 saturated heterocycles. The molecule has 15 heteroatoms. The molecule has 0 aromatic rings. The first-order chi connectivity index (χ1) is 26.7. The van der Waals surface area contributed by atoms with Crippen LogP contribution in [0.2, 0.25) is 0 Å². The highest BCUT2D eigenvalue weighted by atomic mass is 16.6. The molecule has 2 amide bonds. The molecule has 55 heavy (non-hydrogen) atoms. The Bertz CT molecular complexity index is 1030. The second-order valence-electron chi connectivity index (χ2n) is 14.2. The Hall–Kier alpha value is -2.69. The minimum Gasteiger partial charge on any atom is -0.481 e. The van der Waals surface area contributed by atoms with Crippen LogP contribution in [-0.2, 0) is 52.4 Å². The lowest BCUT2D eigenvalue weighted by Crippen LogP contribution is -2.45. The number of hydrogen-bond acceptors (Lipinski definition) is 11. The highest BCUT2D eigenvalue weighted by Crippen LogP contribution is 2.46. The number of aliphatic carboxylic acids is 2. The van der Waals surface area contributed by atoms with E-state index < -0.39 is 23.4 Å². The van der Waals surface area contributed by atoms with Gasteiger partial charge in [0.15, 0.2) is 0 Å². The minimum absolute atomic E-state index is 0.0303. The molecule has 0 aromatic heterocycles. The Morgan fingerprint density at radius 1 is 0.509 bits per heavy atom. The highest BCUT2D eigenvalue weighted by molar-refractivity contribution is 5.91. The molecule has 1 saturated carbocycles. The smallest absolute Gasteiger partial charge is 0.329 e. The molecule has 1 aliphatic rings. The standard InChI is InChI=1S/C40H72N2O13/c1-34(43)18-20-50-22-24-52-26-28-54-30-31-55-29-27-53-25-23-51-21-19-41-37(45)32-35-33-40(35,39(48)49)42-36(44)16-14-12-10-8-6-4-2-3-5-7-9-11-13-15-17-38(46)47/h35H,2-33H2,1H3,(H,41,45)(H,42,44)(H,46,47)(H,48,49). The van der Waals surface area contributed by atoms with Gasteiger partial charge in [0, 0.05) is 38.1 Å². The van der Waals surface area contributed by atoms with Crippen molar-refractivity contribution in [1.82, 2.24) is 10.6 Å². The van der Waals surface area contributed by atoms with Crippen LogP contribution in [0, 0.1) is 5.92 Å². The average molecular weight is 789 g/mol. The summed E-state index contributed by atoms with van der Waals surface area (Å²) in [4.78, 5) is 58.2. The molecule has 0 heterocycles. The van der Waals surface area contributed by atoms with Crippen LogP contribution < -0.4 is 10.6 Å². The van der Waals surface area contributed by atoms with Crippen LogP contribution in [0.3, 0.4) is 0 Å². The first kappa shape index (κ1) is 50.3. The number of carbonyl (C=O) groups excluding carboxylic acids is 3. The van der Waals surface area contributed by atoms with E-state index in [0.717, 1.165) is 38.5 Å². The van der Waals surface area contributed by atoms with Gasteiger partial charge in [-0.3, -0.25) is 19.2 Å². The highest BCUT2D eigenvalue weighted by Gasteiger charge is 2.61. The second-order valence-corrected chi connectivity index (χ2v) is 14.2. The second kappa shape index (κ2) is 34.5. The van der Waals surface area contributed by atoms with E-state index >= 15 is 0 Å². The molecule has 2 unspecified atom stereocenters. The van der Waals surface area contributed by atoms with Gasteiger partial charge in [0.25, 0.3) is 0 Å². The number of unbranched alkanes of at least 4 members (excludes halogenated alkanes) is 13. The molecule has 0 aliphatic heterocycles. The molecular weight excluding hydrogens is 716 g/mol. The normalized spacial score (nSPS) is 16.2. The van der Waals surface area contributed by atoms with Crippen molar-refractivity contribution in [2.75, 3.05) is 85.8 Å². The Kier molecular flexibility index (Phi) is 31.6. The van der Waals surface area contributed by atoms with Gasteiger partial charge < -0.3 is 49.3 Å². The number of nitrogens with one attached hydrogen (secondary N) is 2. The lowest BCUT2D eigenvalue weighted by atomic mass is 10.0. The zero-order valence-corrected chi connectivity index (χ0v) is 33.6. The molecule has 0 radical (unpaired) electrons. The van der Waals surface area contributed by atoms with Crippen molar-refractivity contribution >= 4 is 29.5 Å². The maximum absolute atomic E-state index is 12.5. The van der Waals surface area contributed by atoms with Crippen LogP contribution in [0.5, 0.6) is 0 Å². The summed E-state index contributed by atoms with van der Waals surface area (Å²) >= 11 is 0. The third-order valence-corrected chi connectivity index (χ3v) is 9.35.